The van der Waals surface area contributed by atoms with Crippen LogP contribution in [0.5, 0.6) is 0 Å². The van der Waals surface area contributed by atoms with Crippen LogP contribution in [-0.2, 0) is 10.0 Å². The zero-order valence-electron chi connectivity index (χ0n) is 21.8. The van der Waals surface area contributed by atoms with Gasteiger partial charge in [-0.2, -0.15) is 0 Å². The Kier molecular flexibility index (Phi) is 8.14. The van der Waals surface area contributed by atoms with Gasteiger partial charge in [0.2, 0.25) is 0 Å². The molecule has 2 aromatic carbocycles. The SMILES string of the molecule is Cc1ccc(S(=O)(=O)NC(=O)Nc2ccc(-n3cnc4cc(NCCN5CCCCC5)ccc4c3=O)c(F)c2)s1. The molecule has 13 heteroatoms. The molecule has 1 saturated heterocycles. The highest BCUT2D eigenvalue weighted by molar-refractivity contribution is 7.92. The summed E-state index contributed by atoms with van der Waals surface area (Å²) >= 11 is 1.02. The van der Waals surface area contributed by atoms with Crippen LogP contribution in [0.25, 0.3) is 16.6 Å². The number of sulfonamides is 1. The molecule has 0 spiro atoms. The first-order chi connectivity index (χ1) is 19.2. The maximum absolute atomic E-state index is 15.0. The first-order valence-corrected chi connectivity index (χ1v) is 15.2. The Morgan fingerprint density at radius 1 is 1.05 bits per heavy atom. The fourth-order valence-electron chi connectivity index (χ4n) is 4.61. The summed E-state index contributed by atoms with van der Waals surface area (Å²) in [5.74, 6) is -0.797. The maximum atomic E-state index is 15.0. The number of anilines is 2. The molecule has 210 valence electrons. The number of carbonyl (C=O) groups is 1. The van der Waals surface area contributed by atoms with Crippen LogP contribution in [0.1, 0.15) is 24.1 Å². The molecule has 5 rings (SSSR count). The fourth-order valence-corrected chi connectivity index (χ4v) is 6.80. The number of halogens is 1. The number of amides is 2. The van der Waals surface area contributed by atoms with Gasteiger partial charge < -0.3 is 15.5 Å². The number of thiophene rings is 1. The molecule has 40 heavy (non-hydrogen) atoms. The molecule has 2 amide bonds. The Labute approximate surface area is 234 Å². The highest BCUT2D eigenvalue weighted by Gasteiger charge is 2.20. The Morgan fingerprint density at radius 2 is 1.82 bits per heavy atom. The number of piperidine rings is 1. The van der Waals surface area contributed by atoms with Crippen molar-refractivity contribution in [3.05, 3.63) is 75.9 Å². The second kappa shape index (κ2) is 11.7. The monoisotopic (exact) mass is 584 g/mol. The second-order valence-electron chi connectivity index (χ2n) is 9.57. The van der Waals surface area contributed by atoms with Crippen LogP contribution >= 0.6 is 11.3 Å². The summed E-state index contributed by atoms with van der Waals surface area (Å²) in [5.41, 5.74) is 0.848. The lowest BCUT2D eigenvalue weighted by Gasteiger charge is -2.26. The molecular formula is C27H29FN6O4S2. The minimum absolute atomic E-state index is 0.00906. The average Bonchev–Trinajstić information content (AvgIpc) is 3.37. The van der Waals surface area contributed by atoms with Crippen molar-refractivity contribution in [2.45, 2.75) is 30.4 Å². The molecule has 0 atom stereocenters. The smallest absolute Gasteiger partial charge is 0.333 e. The highest BCUT2D eigenvalue weighted by atomic mass is 32.2. The summed E-state index contributed by atoms with van der Waals surface area (Å²) in [6.45, 7) is 5.73. The average molecular weight is 585 g/mol. The summed E-state index contributed by atoms with van der Waals surface area (Å²) in [6, 6.07) is 10.9. The van der Waals surface area contributed by atoms with Crippen LogP contribution in [0.2, 0.25) is 0 Å². The summed E-state index contributed by atoms with van der Waals surface area (Å²) < 4.78 is 42.7. The van der Waals surface area contributed by atoms with Gasteiger partial charge in [0.15, 0.2) is 0 Å². The van der Waals surface area contributed by atoms with Crippen molar-refractivity contribution < 1.29 is 17.6 Å². The molecule has 3 heterocycles. The maximum Gasteiger partial charge on any atom is 0.333 e. The van der Waals surface area contributed by atoms with Gasteiger partial charge in [0.05, 0.1) is 16.6 Å². The zero-order valence-corrected chi connectivity index (χ0v) is 23.4. The normalized spacial score (nSPS) is 14.2. The predicted octanol–water partition coefficient (Wildman–Crippen LogP) is 4.30. The molecule has 10 nitrogen and oxygen atoms in total. The molecule has 0 saturated carbocycles. The van der Waals surface area contributed by atoms with E-state index < -0.39 is 27.4 Å². The van der Waals surface area contributed by atoms with Gasteiger partial charge in [-0.05, 0) is 81.4 Å². The van der Waals surface area contributed by atoms with E-state index >= 15 is 4.39 Å². The van der Waals surface area contributed by atoms with Crippen molar-refractivity contribution in [1.29, 1.82) is 0 Å². The van der Waals surface area contributed by atoms with Crippen LogP contribution < -0.4 is 20.9 Å². The standard InChI is InChI=1S/C27H29FN6O4S2/c1-18-5-10-25(39-18)40(37,38)32-27(36)31-20-7-9-24(22(28)15-20)34-17-30-23-16-19(6-8-21(23)26(34)35)29-11-14-33-12-3-2-4-13-33/h5-10,15-17,29H,2-4,11-14H2,1H3,(H2,31,32,36). The number of nitrogens with zero attached hydrogens (tertiary/aromatic N) is 3. The van der Waals surface area contributed by atoms with E-state index in [4.69, 9.17) is 0 Å². The Bertz CT molecular complexity index is 1710. The number of likely N-dealkylation sites (tertiary alicyclic amines) is 1. The molecule has 4 aromatic rings. The van der Waals surface area contributed by atoms with Gasteiger partial charge in [-0.1, -0.05) is 6.42 Å². The quantitative estimate of drug-likeness (QED) is 0.282. The van der Waals surface area contributed by atoms with Crippen LogP contribution in [-0.4, -0.2) is 55.1 Å². The molecule has 1 aliphatic rings. The number of urea groups is 1. The third-order valence-electron chi connectivity index (χ3n) is 6.64. The van der Waals surface area contributed by atoms with E-state index in [1.165, 1.54) is 43.8 Å². The lowest BCUT2D eigenvalue weighted by molar-refractivity contribution is 0.237. The Hall–Kier alpha value is -3.81. The first kappa shape index (κ1) is 27.7. The number of fused-ring (bicyclic) bond motifs is 1. The lowest BCUT2D eigenvalue weighted by Crippen LogP contribution is -2.34. The van der Waals surface area contributed by atoms with E-state index in [1.807, 2.05) is 4.72 Å². The summed E-state index contributed by atoms with van der Waals surface area (Å²) in [4.78, 5) is 33.0. The van der Waals surface area contributed by atoms with Crippen LogP contribution in [0.4, 0.5) is 20.6 Å². The third-order valence-corrected chi connectivity index (χ3v) is 9.46. The lowest BCUT2D eigenvalue weighted by atomic mass is 10.1. The summed E-state index contributed by atoms with van der Waals surface area (Å²) in [7, 11) is -4.06. The van der Waals surface area contributed by atoms with Gasteiger partial charge in [0.1, 0.15) is 16.4 Å². The van der Waals surface area contributed by atoms with E-state index in [0.29, 0.717) is 10.9 Å². The molecule has 0 bridgehead atoms. The van der Waals surface area contributed by atoms with Crippen molar-refractivity contribution in [1.82, 2.24) is 19.2 Å². The van der Waals surface area contributed by atoms with Crippen molar-refractivity contribution in [2.24, 2.45) is 0 Å². The minimum atomic E-state index is -4.06. The van der Waals surface area contributed by atoms with Crippen molar-refractivity contribution in [3.63, 3.8) is 0 Å². The third kappa shape index (κ3) is 6.32. The van der Waals surface area contributed by atoms with E-state index in [-0.39, 0.29) is 15.6 Å². The predicted molar refractivity (Wildman–Crippen MR) is 154 cm³/mol. The number of carbonyl (C=O) groups excluding carboxylic acids is 1. The van der Waals surface area contributed by atoms with Crippen molar-refractivity contribution in [3.8, 4) is 5.69 Å². The van der Waals surface area contributed by atoms with Gasteiger partial charge in [0, 0.05) is 29.3 Å². The largest absolute Gasteiger partial charge is 0.384 e. The zero-order chi connectivity index (χ0) is 28.3. The number of hydrogen-bond acceptors (Lipinski definition) is 8. The molecule has 2 aromatic heterocycles. The van der Waals surface area contributed by atoms with E-state index in [9.17, 15) is 18.0 Å². The number of rotatable bonds is 8. The number of hydrogen-bond donors (Lipinski definition) is 3. The molecule has 1 aliphatic heterocycles. The molecule has 1 fully saturated rings. The second-order valence-corrected chi connectivity index (χ2v) is 12.8. The highest BCUT2D eigenvalue weighted by Crippen LogP contribution is 2.22. The van der Waals surface area contributed by atoms with E-state index in [0.717, 1.165) is 58.7 Å². The molecule has 0 unspecified atom stereocenters. The molecule has 3 N–H and O–H groups in total. The van der Waals surface area contributed by atoms with Crippen molar-refractivity contribution >= 4 is 49.7 Å². The number of benzene rings is 2. The van der Waals surface area contributed by atoms with E-state index in [1.54, 1.807) is 31.2 Å². The van der Waals surface area contributed by atoms with Crippen LogP contribution in [0.15, 0.2) is 63.9 Å². The van der Waals surface area contributed by atoms with Gasteiger partial charge in [-0.25, -0.2) is 27.3 Å². The molecular weight excluding hydrogens is 555 g/mol. The van der Waals surface area contributed by atoms with Crippen molar-refractivity contribution in [2.75, 3.05) is 36.8 Å². The molecule has 0 aliphatic carbocycles. The van der Waals surface area contributed by atoms with Gasteiger partial charge in [-0.3, -0.25) is 9.36 Å². The van der Waals surface area contributed by atoms with Gasteiger partial charge >= 0.3 is 6.03 Å². The Balaban J connectivity index is 1.27. The number of nitrogens with one attached hydrogen (secondary N) is 3. The topological polar surface area (TPSA) is 125 Å². The van der Waals surface area contributed by atoms with Crippen LogP contribution in [0, 0.1) is 12.7 Å². The number of aromatic nitrogens is 2. The van der Waals surface area contributed by atoms with Gasteiger partial charge in [-0.15, -0.1) is 11.3 Å². The molecule has 0 radical (unpaired) electrons. The minimum Gasteiger partial charge on any atom is -0.384 e. The van der Waals surface area contributed by atoms with Crippen LogP contribution in [0.3, 0.4) is 0 Å². The fraction of sp³-hybridized carbons (Fsp3) is 0.296. The number of aryl methyl sites for hydroxylation is 1. The summed E-state index contributed by atoms with van der Waals surface area (Å²) in [6.07, 6.45) is 5.03. The van der Waals surface area contributed by atoms with Gasteiger partial charge in [0.25, 0.3) is 15.6 Å². The Morgan fingerprint density at radius 3 is 2.55 bits per heavy atom. The summed E-state index contributed by atoms with van der Waals surface area (Å²) in [5, 5.41) is 6.01. The first-order valence-electron chi connectivity index (χ1n) is 12.9. The van der Waals surface area contributed by atoms with E-state index in [2.05, 4.69) is 20.5 Å².